The van der Waals surface area contributed by atoms with Gasteiger partial charge in [-0.05, 0) is 66.1 Å². The number of rotatable bonds is 1. The molecule has 2 heteroatoms. The lowest BCUT2D eigenvalue weighted by atomic mass is 9.57. The van der Waals surface area contributed by atoms with E-state index in [2.05, 4.69) is 0 Å². The van der Waals surface area contributed by atoms with Gasteiger partial charge in [0, 0.05) is 11.4 Å². The quantitative estimate of drug-likeness (QED) is 0.605. The predicted octanol–water partition coefficient (Wildman–Crippen LogP) is 0.130. The SMILES string of the molecule is O=C([O-])[C@]12C[C@@H]3[C@@H]4C1[C@H]1C[C@H]4[C@H]4[C@H]1C2[C@@H]34. The van der Waals surface area contributed by atoms with Crippen LogP contribution in [0.5, 0.6) is 0 Å². The second kappa shape index (κ2) is 1.49. The van der Waals surface area contributed by atoms with Crippen LogP contribution in [0.15, 0.2) is 0 Å². The zero-order chi connectivity index (χ0) is 9.69. The van der Waals surface area contributed by atoms with Crippen LogP contribution in [0.2, 0.25) is 0 Å². The van der Waals surface area contributed by atoms with Crippen molar-refractivity contribution in [3.8, 4) is 0 Å². The highest BCUT2D eigenvalue weighted by Gasteiger charge is 2.91. The van der Waals surface area contributed by atoms with Crippen molar-refractivity contribution >= 4 is 5.97 Å². The lowest BCUT2D eigenvalue weighted by molar-refractivity contribution is -0.324. The van der Waals surface area contributed by atoms with Gasteiger partial charge in [0.25, 0.3) is 0 Å². The normalized spacial score (nSPS) is 82.3. The fourth-order valence-electron chi connectivity index (χ4n) is 8.27. The highest BCUT2D eigenvalue weighted by molar-refractivity contribution is 5.77. The summed E-state index contributed by atoms with van der Waals surface area (Å²) < 4.78 is 0. The molecule has 0 aromatic carbocycles. The van der Waals surface area contributed by atoms with Crippen LogP contribution < -0.4 is 5.11 Å². The Morgan fingerprint density at radius 1 is 1.00 bits per heavy atom. The van der Waals surface area contributed by atoms with Crippen LogP contribution in [0.1, 0.15) is 12.8 Å². The van der Waals surface area contributed by atoms with Crippen molar-refractivity contribution in [3.63, 3.8) is 0 Å². The first kappa shape index (κ1) is 6.93. The smallest absolute Gasteiger partial charge is 0.0482 e. The van der Waals surface area contributed by atoms with Crippen molar-refractivity contribution < 1.29 is 9.90 Å². The third-order valence-corrected chi connectivity index (χ3v) is 7.75. The lowest BCUT2D eigenvalue weighted by Crippen LogP contribution is -2.51. The van der Waals surface area contributed by atoms with Crippen LogP contribution in [0.3, 0.4) is 0 Å². The van der Waals surface area contributed by atoms with E-state index in [1.165, 1.54) is 6.42 Å². The molecule has 0 aromatic rings. The number of carboxylic acids is 1. The van der Waals surface area contributed by atoms with Gasteiger partial charge in [-0.25, -0.2) is 0 Å². The van der Waals surface area contributed by atoms with E-state index in [1.807, 2.05) is 0 Å². The van der Waals surface area contributed by atoms with Gasteiger partial charge in [-0.2, -0.15) is 0 Å². The van der Waals surface area contributed by atoms with Gasteiger partial charge in [0.1, 0.15) is 0 Å². The Kier molecular flexibility index (Phi) is 0.689. The zero-order valence-electron chi connectivity index (χ0n) is 8.43. The van der Waals surface area contributed by atoms with Crippen molar-refractivity contribution in [1.82, 2.24) is 0 Å². The van der Waals surface area contributed by atoms with Gasteiger partial charge in [-0.3, -0.25) is 0 Å². The Morgan fingerprint density at radius 3 is 2.60 bits per heavy atom. The van der Waals surface area contributed by atoms with E-state index in [4.69, 9.17) is 0 Å². The van der Waals surface area contributed by atoms with E-state index in [0.717, 1.165) is 47.8 Å². The maximum absolute atomic E-state index is 11.6. The number of carbonyl (C=O) groups excluding carboxylic acids is 1. The van der Waals surface area contributed by atoms with E-state index in [0.29, 0.717) is 11.8 Å². The standard InChI is InChI=1S/C13H14O2/c14-12(15)13-2-5-6-3-1-4(10(6)13)8-7(3)9(5)11(8)13/h3-11H,1-2H2,(H,14,15)/p-1/t3-,4+,5-,6-,7+,8+,9+,10?,11?,13-/m1/s1. The summed E-state index contributed by atoms with van der Waals surface area (Å²) in [7, 11) is 0. The van der Waals surface area contributed by atoms with Crippen LogP contribution in [0.25, 0.3) is 0 Å². The zero-order valence-corrected chi connectivity index (χ0v) is 8.43. The summed E-state index contributed by atoms with van der Waals surface area (Å²) in [4.78, 5) is 11.6. The van der Waals surface area contributed by atoms with Crippen molar-refractivity contribution in [2.24, 2.45) is 58.7 Å². The average Bonchev–Trinajstić information content (AvgIpc) is 2.70. The van der Waals surface area contributed by atoms with Gasteiger partial charge in [0.05, 0.1) is 0 Å². The third-order valence-electron chi connectivity index (χ3n) is 7.75. The summed E-state index contributed by atoms with van der Waals surface area (Å²) in [6.07, 6.45) is 2.41. The second-order valence-corrected chi connectivity index (χ2v) is 7.12. The van der Waals surface area contributed by atoms with E-state index in [9.17, 15) is 9.90 Å². The third kappa shape index (κ3) is 0.357. The Bertz CT molecular complexity index is 434. The number of hydrogen-bond acceptors (Lipinski definition) is 2. The molecule has 7 aliphatic rings. The van der Waals surface area contributed by atoms with Gasteiger partial charge in [0.2, 0.25) is 0 Å². The molecule has 10 atom stereocenters. The van der Waals surface area contributed by atoms with Crippen molar-refractivity contribution in [1.29, 1.82) is 0 Å². The molecule has 0 spiro atoms. The van der Waals surface area contributed by atoms with Gasteiger partial charge in [-0.15, -0.1) is 0 Å². The topological polar surface area (TPSA) is 40.1 Å². The minimum atomic E-state index is -0.666. The summed E-state index contributed by atoms with van der Waals surface area (Å²) in [6, 6.07) is 0. The molecule has 0 radical (unpaired) electrons. The van der Waals surface area contributed by atoms with Crippen molar-refractivity contribution in [2.75, 3.05) is 0 Å². The molecular formula is C13H13O2-. The monoisotopic (exact) mass is 201 g/mol. The minimum absolute atomic E-state index is 0.308. The van der Waals surface area contributed by atoms with Crippen LogP contribution in [-0.4, -0.2) is 5.97 Å². The van der Waals surface area contributed by atoms with E-state index in [-0.39, 0.29) is 5.41 Å². The summed E-state index contributed by atoms with van der Waals surface area (Å²) in [6.45, 7) is 0. The maximum atomic E-state index is 11.6. The first-order valence-electron chi connectivity index (χ1n) is 6.48. The molecule has 7 rings (SSSR count). The van der Waals surface area contributed by atoms with E-state index in [1.54, 1.807) is 0 Å². The van der Waals surface area contributed by atoms with Crippen molar-refractivity contribution in [3.05, 3.63) is 0 Å². The number of aliphatic carboxylic acids is 1. The molecule has 2 nitrogen and oxygen atoms in total. The van der Waals surface area contributed by atoms with Gasteiger partial charge >= 0.3 is 0 Å². The fourth-order valence-corrected chi connectivity index (χ4v) is 8.27. The Hall–Kier alpha value is -0.530. The molecule has 7 aliphatic carbocycles. The van der Waals surface area contributed by atoms with E-state index >= 15 is 0 Å². The molecular weight excluding hydrogens is 188 g/mol. The summed E-state index contributed by atoms with van der Waals surface area (Å²) in [5.41, 5.74) is -0.308. The van der Waals surface area contributed by atoms with Gasteiger partial charge < -0.3 is 9.90 Å². The number of carbonyl (C=O) groups is 1. The minimum Gasteiger partial charge on any atom is -0.550 e. The highest BCUT2D eigenvalue weighted by atomic mass is 16.4. The Labute approximate surface area is 88.0 Å². The molecule has 0 heterocycles. The molecule has 15 heavy (non-hydrogen) atoms. The largest absolute Gasteiger partial charge is 0.550 e. The Balaban J connectivity index is 1.75. The Morgan fingerprint density at radius 2 is 1.80 bits per heavy atom. The number of carboxylic acid groups (broad SMARTS) is 1. The lowest BCUT2D eigenvalue weighted by Gasteiger charge is -2.48. The molecule has 0 amide bonds. The van der Waals surface area contributed by atoms with Gasteiger partial charge in [-0.1, -0.05) is 0 Å². The first-order valence-corrected chi connectivity index (χ1v) is 6.48. The molecule has 7 saturated carbocycles. The molecule has 78 valence electrons. The molecule has 2 unspecified atom stereocenters. The van der Waals surface area contributed by atoms with Crippen LogP contribution in [-0.2, 0) is 4.79 Å². The van der Waals surface area contributed by atoms with Gasteiger partial charge in [0.15, 0.2) is 0 Å². The molecule has 0 aliphatic heterocycles. The fraction of sp³-hybridized carbons (Fsp3) is 0.923. The first-order chi connectivity index (χ1) is 7.27. The summed E-state index contributed by atoms with van der Waals surface area (Å²) in [5.74, 6) is 6.57. The predicted molar refractivity (Wildman–Crippen MR) is 48.1 cm³/mol. The van der Waals surface area contributed by atoms with Crippen LogP contribution in [0, 0.1) is 58.7 Å². The van der Waals surface area contributed by atoms with Crippen molar-refractivity contribution in [2.45, 2.75) is 12.8 Å². The maximum Gasteiger partial charge on any atom is 0.0482 e. The summed E-state index contributed by atoms with van der Waals surface area (Å²) in [5, 5.41) is 11.6. The molecule has 0 N–H and O–H groups in total. The molecule has 0 saturated heterocycles. The number of hydrogen-bond donors (Lipinski definition) is 0. The molecule has 4 bridgehead atoms. The van der Waals surface area contributed by atoms with Crippen LogP contribution >= 0.6 is 0 Å². The molecule has 7 fully saturated rings. The van der Waals surface area contributed by atoms with E-state index < -0.39 is 5.97 Å². The second-order valence-electron chi connectivity index (χ2n) is 7.12. The molecule has 0 aromatic heterocycles. The highest BCUT2D eigenvalue weighted by Crippen LogP contribution is 2.94. The average molecular weight is 201 g/mol. The summed E-state index contributed by atoms with van der Waals surface area (Å²) >= 11 is 0. The van der Waals surface area contributed by atoms with Crippen LogP contribution in [0.4, 0.5) is 0 Å².